The fourth-order valence-corrected chi connectivity index (χ4v) is 1.83. The molecule has 0 saturated heterocycles. The largest absolute Gasteiger partial charge is 0.508 e. The first kappa shape index (κ1) is 12.6. The average Bonchev–Trinajstić information content (AvgIpc) is 2.69. The summed E-state index contributed by atoms with van der Waals surface area (Å²) in [5.41, 5.74) is 1.88. The van der Waals surface area contributed by atoms with Crippen molar-refractivity contribution < 1.29 is 9.50 Å². The third kappa shape index (κ3) is 3.30. The zero-order valence-electron chi connectivity index (χ0n) is 10.2. The summed E-state index contributed by atoms with van der Waals surface area (Å²) in [5.74, 6) is -0.461. The quantitative estimate of drug-likeness (QED) is 0.791. The van der Waals surface area contributed by atoms with Crippen LogP contribution >= 0.6 is 0 Å². The number of aryl methyl sites for hydroxylation is 1. The van der Waals surface area contributed by atoms with Crippen LogP contribution < -0.4 is 5.32 Å². The Morgan fingerprint density at radius 2 is 2.22 bits per heavy atom. The number of phenolic OH excluding ortho intramolecular Hbond substituents is 1. The smallest absolute Gasteiger partial charge is 0.127 e. The zero-order chi connectivity index (χ0) is 13.0. The summed E-state index contributed by atoms with van der Waals surface area (Å²) in [6.07, 6.45) is 2.62. The van der Waals surface area contributed by atoms with Gasteiger partial charge in [0.25, 0.3) is 0 Å². The van der Waals surface area contributed by atoms with E-state index in [9.17, 15) is 9.50 Å². The molecule has 2 aromatic rings. The van der Waals surface area contributed by atoms with E-state index in [1.165, 1.54) is 6.07 Å². The molecular formula is C13H16FN3O. The van der Waals surface area contributed by atoms with Gasteiger partial charge in [-0.15, -0.1) is 0 Å². The van der Waals surface area contributed by atoms with Crippen LogP contribution in [0, 0.1) is 5.82 Å². The molecule has 0 amide bonds. The summed E-state index contributed by atoms with van der Waals surface area (Å²) in [6.45, 7) is 1.31. The molecule has 0 bridgehead atoms. The lowest BCUT2D eigenvalue weighted by Crippen LogP contribution is -2.18. The van der Waals surface area contributed by atoms with Crippen molar-refractivity contribution in [3.8, 4) is 5.75 Å². The maximum atomic E-state index is 13.0. The Morgan fingerprint density at radius 1 is 1.39 bits per heavy atom. The van der Waals surface area contributed by atoms with Crippen LogP contribution in [0.3, 0.4) is 0 Å². The highest BCUT2D eigenvalue weighted by Crippen LogP contribution is 2.14. The second kappa shape index (κ2) is 5.64. The summed E-state index contributed by atoms with van der Waals surface area (Å²) in [7, 11) is 1.90. The summed E-state index contributed by atoms with van der Waals surface area (Å²) < 4.78 is 14.8. The predicted molar refractivity (Wildman–Crippen MR) is 66.7 cm³/mol. The van der Waals surface area contributed by atoms with E-state index >= 15 is 0 Å². The number of aromatic nitrogens is 2. The van der Waals surface area contributed by atoms with E-state index in [4.69, 9.17) is 0 Å². The molecule has 0 radical (unpaired) electrons. The first-order valence-corrected chi connectivity index (χ1v) is 5.81. The van der Waals surface area contributed by atoms with Gasteiger partial charge < -0.3 is 10.4 Å². The van der Waals surface area contributed by atoms with Crippen LogP contribution in [0.5, 0.6) is 5.75 Å². The highest BCUT2D eigenvalue weighted by atomic mass is 19.1. The molecule has 96 valence electrons. The molecule has 0 aliphatic heterocycles. The maximum absolute atomic E-state index is 13.0. The Morgan fingerprint density at radius 3 is 2.89 bits per heavy atom. The maximum Gasteiger partial charge on any atom is 0.127 e. The van der Waals surface area contributed by atoms with Crippen molar-refractivity contribution >= 4 is 0 Å². The molecule has 2 N–H and O–H groups in total. The van der Waals surface area contributed by atoms with E-state index in [0.29, 0.717) is 6.54 Å². The number of halogens is 1. The summed E-state index contributed by atoms with van der Waals surface area (Å²) in [4.78, 5) is 0. The van der Waals surface area contributed by atoms with Crippen molar-refractivity contribution in [1.82, 2.24) is 15.1 Å². The van der Waals surface area contributed by atoms with Gasteiger partial charge in [0.05, 0.1) is 0 Å². The molecule has 1 heterocycles. The Kier molecular flexibility index (Phi) is 3.94. The lowest BCUT2D eigenvalue weighted by molar-refractivity contribution is 0.467. The van der Waals surface area contributed by atoms with Crippen LogP contribution in [-0.4, -0.2) is 21.4 Å². The van der Waals surface area contributed by atoms with Gasteiger partial charge in [0.15, 0.2) is 0 Å². The van der Waals surface area contributed by atoms with E-state index in [0.717, 1.165) is 30.3 Å². The van der Waals surface area contributed by atoms with Crippen molar-refractivity contribution in [3.63, 3.8) is 0 Å². The number of hydrogen-bond donors (Lipinski definition) is 2. The van der Waals surface area contributed by atoms with Crippen molar-refractivity contribution in [3.05, 3.63) is 47.5 Å². The van der Waals surface area contributed by atoms with Crippen molar-refractivity contribution in [2.45, 2.75) is 13.0 Å². The first-order chi connectivity index (χ1) is 8.65. The van der Waals surface area contributed by atoms with Crippen LogP contribution in [0.25, 0.3) is 0 Å². The fraction of sp³-hybridized carbons (Fsp3) is 0.308. The average molecular weight is 249 g/mol. The van der Waals surface area contributed by atoms with Crippen molar-refractivity contribution in [1.29, 1.82) is 0 Å². The zero-order valence-corrected chi connectivity index (χ0v) is 10.2. The molecule has 0 atom stereocenters. The van der Waals surface area contributed by atoms with E-state index < -0.39 is 5.82 Å². The molecule has 0 aliphatic carbocycles. The monoisotopic (exact) mass is 249 g/mol. The number of nitrogens with one attached hydrogen (secondary N) is 1. The predicted octanol–water partition coefficient (Wildman–Crippen LogP) is 1.60. The summed E-state index contributed by atoms with van der Waals surface area (Å²) in [5, 5.41) is 16.5. The number of rotatable bonds is 5. The molecule has 2 rings (SSSR count). The normalized spacial score (nSPS) is 10.8. The second-order valence-corrected chi connectivity index (χ2v) is 4.19. The van der Waals surface area contributed by atoms with Crippen LogP contribution in [0.1, 0.15) is 11.3 Å². The molecule has 0 spiro atoms. The molecule has 0 fully saturated rings. The third-order valence-electron chi connectivity index (χ3n) is 2.75. The third-order valence-corrected chi connectivity index (χ3v) is 2.75. The topological polar surface area (TPSA) is 50.1 Å². The number of aromatic hydroxyl groups is 1. The second-order valence-electron chi connectivity index (χ2n) is 4.19. The Labute approximate surface area is 105 Å². The standard InChI is InChI=1S/C13H16FN3O/c1-17-12(3-5-16-17)2-4-15-9-10-6-11(14)8-13(18)7-10/h3,5-8,15,18H,2,4,9H2,1H3. The minimum Gasteiger partial charge on any atom is -0.508 e. The van der Waals surface area contributed by atoms with E-state index in [2.05, 4.69) is 10.4 Å². The SMILES string of the molecule is Cn1nccc1CCNCc1cc(O)cc(F)c1. The lowest BCUT2D eigenvalue weighted by atomic mass is 10.2. The Hall–Kier alpha value is -1.88. The van der Waals surface area contributed by atoms with Gasteiger partial charge in [0, 0.05) is 44.5 Å². The molecule has 0 unspecified atom stereocenters. The van der Waals surface area contributed by atoms with Crippen LogP contribution in [0.2, 0.25) is 0 Å². The molecule has 1 aromatic carbocycles. The van der Waals surface area contributed by atoms with Crippen LogP contribution in [0.15, 0.2) is 30.5 Å². The minimum atomic E-state index is -0.418. The molecule has 18 heavy (non-hydrogen) atoms. The van der Waals surface area contributed by atoms with Gasteiger partial charge in [0.2, 0.25) is 0 Å². The van der Waals surface area contributed by atoms with Crippen molar-refractivity contribution in [2.75, 3.05) is 6.54 Å². The highest BCUT2D eigenvalue weighted by Gasteiger charge is 2.01. The van der Waals surface area contributed by atoms with Crippen molar-refractivity contribution in [2.24, 2.45) is 7.05 Å². The minimum absolute atomic E-state index is 0.0431. The highest BCUT2D eigenvalue weighted by molar-refractivity contribution is 5.28. The fourth-order valence-electron chi connectivity index (χ4n) is 1.83. The molecule has 1 aromatic heterocycles. The Bertz CT molecular complexity index is 504. The van der Waals surface area contributed by atoms with Gasteiger partial charge in [-0.25, -0.2) is 4.39 Å². The number of benzene rings is 1. The van der Waals surface area contributed by atoms with Crippen LogP contribution in [0.4, 0.5) is 4.39 Å². The van der Waals surface area contributed by atoms with E-state index in [1.807, 2.05) is 17.8 Å². The lowest BCUT2D eigenvalue weighted by Gasteiger charge is -2.06. The van der Waals surface area contributed by atoms with Gasteiger partial charge in [-0.1, -0.05) is 0 Å². The van der Waals surface area contributed by atoms with Gasteiger partial charge in [0.1, 0.15) is 11.6 Å². The molecule has 0 aliphatic rings. The van der Waals surface area contributed by atoms with Crippen LogP contribution in [-0.2, 0) is 20.0 Å². The van der Waals surface area contributed by atoms with E-state index in [1.54, 1.807) is 12.3 Å². The van der Waals surface area contributed by atoms with E-state index in [-0.39, 0.29) is 5.75 Å². The molecule has 5 heteroatoms. The first-order valence-electron chi connectivity index (χ1n) is 5.81. The van der Waals surface area contributed by atoms with Gasteiger partial charge in [-0.2, -0.15) is 5.10 Å². The van der Waals surface area contributed by atoms with Gasteiger partial charge in [-0.05, 0) is 23.8 Å². The number of phenols is 1. The summed E-state index contributed by atoms with van der Waals surface area (Å²) in [6, 6.07) is 6.03. The Balaban J connectivity index is 1.80. The molecule has 4 nitrogen and oxygen atoms in total. The van der Waals surface area contributed by atoms with Gasteiger partial charge >= 0.3 is 0 Å². The molecule has 0 saturated carbocycles. The van der Waals surface area contributed by atoms with Gasteiger partial charge in [-0.3, -0.25) is 4.68 Å². The number of hydrogen-bond acceptors (Lipinski definition) is 3. The number of nitrogens with zero attached hydrogens (tertiary/aromatic N) is 2. The summed E-state index contributed by atoms with van der Waals surface area (Å²) >= 11 is 0. The molecular weight excluding hydrogens is 233 g/mol.